The summed E-state index contributed by atoms with van der Waals surface area (Å²) in [6.45, 7) is 1.77. The summed E-state index contributed by atoms with van der Waals surface area (Å²) >= 11 is 0. The van der Waals surface area contributed by atoms with Crippen molar-refractivity contribution in [3.8, 4) is 6.07 Å². The fourth-order valence-corrected chi connectivity index (χ4v) is 2.89. The molecule has 5 nitrogen and oxygen atoms in total. The topological polar surface area (TPSA) is 96.0 Å². The SMILES string of the molecule is Cc1cccc(N)c1NS(=O)(=O)c1ccc(C#N)cc1. The Morgan fingerprint density at radius 2 is 1.80 bits per heavy atom. The van der Waals surface area contributed by atoms with Crippen LogP contribution in [0.3, 0.4) is 0 Å². The Hall–Kier alpha value is -2.52. The van der Waals surface area contributed by atoms with Gasteiger partial charge in [-0.15, -0.1) is 0 Å². The van der Waals surface area contributed by atoms with E-state index in [-0.39, 0.29) is 4.90 Å². The van der Waals surface area contributed by atoms with E-state index in [4.69, 9.17) is 11.0 Å². The number of nitriles is 1. The molecule has 0 saturated heterocycles. The number of anilines is 2. The summed E-state index contributed by atoms with van der Waals surface area (Å²) in [5.74, 6) is 0. The van der Waals surface area contributed by atoms with Crippen molar-refractivity contribution in [3.05, 3.63) is 53.6 Å². The van der Waals surface area contributed by atoms with E-state index < -0.39 is 10.0 Å². The van der Waals surface area contributed by atoms with Gasteiger partial charge in [-0.25, -0.2) is 8.42 Å². The van der Waals surface area contributed by atoms with Crippen LogP contribution >= 0.6 is 0 Å². The summed E-state index contributed by atoms with van der Waals surface area (Å²) in [6.07, 6.45) is 0. The third-order valence-corrected chi connectivity index (χ3v) is 4.20. The van der Waals surface area contributed by atoms with Crippen molar-refractivity contribution >= 4 is 21.4 Å². The molecule has 6 heteroatoms. The zero-order valence-corrected chi connectivity index (χ0v) is 11.6. The highest BCUT2D eigenvalue weighted by atomic mass is 32.2. The number of nitrogen functional groups attached to an aromatic ring is 1. The summed E-state index contributed by atoms with van der Waals surface area (Å²) < 4.78 is 27.0. The second-order valence-electron chi connectivity index (χ2n) is 4.28. The maximum Gasteiger partial charge on any atom is 0.261 e. The molecule has 2 aromatic carbocycles. The van der Waals surface area contributed by atoms with E-state index in [1.54, 1.807) is 25.1 Å². The molecule has 2 rings (SSSR count). The van der Waals surface area contributed by atoms with E-state index >= 15 is 0 Å². The van der Waals surface area contributed by atoms with Crippen LogP contribution in [-0.4, -0.2) is 8.42 Å². The number of nitrogens with zero attached hydrogens (tertiary/aromatic N) is 1. The van der Waals surface area contributed by atoms with E-state index in [2.05, 4.69) is 4.72 Å². The van der Waals surface area contributed by atoms with Gasteiger partial charge in [0.1, 0.15) is 0 Å². The number of nitrogens with one attached hydrogen (secondary N) is 1. The lowest BCUT2D eigenvalue weighted by Gasteiger charge is -2.12. The minimum Gasteiger partial charge on any atom is -0.397 e. The normalized spacial score (nSPS) is 10.8. The number of aryl methyl sites for hydroxylation is 1. The van der Waals surface area contributed by atoms with Crippen molar-refractivity contribution in [1.29, 1.82) is 5.26 Å². The Morgan fingerprint density at radius 1 is 1.15 bits per heavy atom. The molecular formula is C14H13N3O2S. The number of hydrogen-bond acceptors (Lipinski definition) is 4. The number of para-hydroxylation sites is 1. The first-order valence-electron chi connectivity index (χ1n) is 5.82. The Labute approximate surface area is 117 Å². The fraction of sp³-hybridized carbons (Fsp3) is 0.0714. The van der Waals surface area contributed by atoms with Gasteiger partial charge in [-0.2, -0.15) is 5.26 Å². The van der Waals surface area contributed by atoms with Crippen molar-refractivity contribution in [1.82, 2.24) is 0 Å². The largest absolute Gasteiger partial charge is 0.397 e. The summed E-state index contributed by atoms with van der Waals surface area (Å²) in [7, 11) is -3.72. The van der Waals surface area contributed by atoms with Crippen molar-refractivity contribution in [2.24, 2.45) is 0 Å². The molecule has 2 aromatic rings. The summed E-state index contributed by atoms with van der Waals surface area (Å²) in [4.78, 5) is 0.0825. The number of nitrogens with two attached hydrogens (primary N) is 1. The second kappa shape index (κ2) is 5.23. The van der Waals surface area contributed by atoms with Gasteiger partial charge in [0.15, 0.2) is 0 Å². The van der Waals surface area contributed by atoms with Crippen LogP contribution in [0.5, 0.6) is 0 Å². The summed E-state index contributed by atoms with van der Waals surface area (Å²) in [6, 6.07) is 12.8. The minimum atomic E-state index is -3.72. The molecule has 0 amide bonds. The molecule has 0 aromatic heterocycles. The molecule has 0 aliphatic rings. The van der Waals surface area contributed by atoms with E-state index in [0.29, 0.717) is 16.9 Å². The molecule has 0 fully saturated rings. The Bertz CT molecular complexity index is 755. The Morgan fingerprint density at radius 3 is 2.35 bits per heavy atom. The molecule has 0 atom stereocenters. The van der Waals surface area contributed by atoms with Crippen LogP contribution in [0.4, 0.5) is 11.4 Å². The molecule has 0 saturated carbocycles. The quantitative estimate of drug-likeness (QED) is 0.846. The predicted molar refractivity (Wildman–Crippen MR) is 77.6 cm³/mol. The van der Waals surface area contributed by atoms with Crippen LogP contribution in [0.15, 0.2) is 47.4 Å². The maximum atomic E-state index is 12.3. The molecule has 0 bridgehead atoms. The van der Waals surface area contributed by atoms with Crippen LogP contribution in [-0.2, 0) is 10.0 Å². The molecule has 102 valence electrons. The Balaban J connectivity index is 2.38. The van der Waals surface area contributed by atoms with Gasteiger partial charge < -0.3 is 5.73 Å². The second-order valence-corrected chi connectivity index (χ2v) is 5.96. The van der Waals surface area contributed by atoms with Crippen molar-refractivity contribution in [2.45, 2.75) is 11.8 Å². The van der Waals surface area contributed by atoms with Gasteiger partial charge in [0, 0.05) is 0 Å². The van der Waals surface area contributed by atoms with Crippen molar-refractivity contribution in [3.63, 3.8) is 0 Å². The smallest absolute Gasteiger partial charge is 0.261 e. The molecule has 0 aliphatic heterocycles. The fourth-order valence-electron chi connectivity index (χ4n) is 1.73. The zero-order valence-electron chi connectivity index (χ0n) is 10.8. The molecule has 20 heavy (non-hydrogen) atoms. The third-order valence-electron chi connectivity index (χ3n) is 2.84. The molecule has 3 N–H and O–H groups in total. The van der Waals surface area contributed by atoms with E-state index in [9.17, 15) is 8.42 Å². The van der Waals surface area contributed by atoms with Gasteiger partial charge >= 0.3 is 0 Å². The summed E-state index contributed by atoms with van der Waals surface area (Å²) in [5, 5.41) is 8.71. The number of sulfonamides is 1. The van der Waals surface area contributed by atoms with Gasteiger partial charge in [-0.1, -0.05) is 12.1 Å². The van der Waals surface area contributed by atoms with Gasteiger partial charge in [0.05, 0.1) is 27.9 Å². The van der Waals surface area contributed by atoms with Crippen molar-refractivity contribution in [2.75, 3.05) is 10.5 Å². The van der Waals surface area contributed by atoms with Gasteiger partial charge in [-0.3, -0.25) is 4.72 Å². The first kappa shape index (κ1) is 13.9. The molecular weight excluding hydrogens is 274 g/mol. The van der Waals surface area contributed by atoms with Gasteiger partial charge in [0.25, 0.3) is 10.0 Å². The van der Waals surface area contributed by atoms with Crippen LogP contribution in [0, 0.1) is 18.3 Å². The minimum absolute atomic E-state index is 0.0825. The number of hydrogen-bond donors (Lipinski definition) is 2. The molecule has 0 aliphatic carbocycles. The van der Waals surface area contributed by atoms with E-state index in [1.165, 1.54) is 24.3 Å². The number of benzene rings is 2. The summed E-state index contributed by atoms with van der Waals surface area (Å²) in [5.41, 5.74) is 7.66. The highest BCUT2D eigenvalue weighted by Gasteiger charge is 2.16. The monoisotopic (exact) mass is 287 g/mol. The molecule has 0 radical (unpaired) electrons. The van der Waals surface area contributed by atoms with Crippen molar-refractivity contribution < 1.29 is 8.42 Å². The predicted octanol–water partition coefficient (Wildman–Crippen LogP) is 2.25. The van der Waals surface area contributed by atoms with Crippen LogP contribution < -0.4 is 10.5 Å². The zero-order chi connectivity index (χ0) is 14.8. The lowest BCUT2D eigenvalue weighted by atomic mass is 10.2. The first-order valence-corrected chi connectivity index (χ1v) is 7.30. The van der Waals surface area contributed by atoms with Crippen LogP contribution in [0.2, 0.25) is 0 Å². The molecule has 0 heterocycles. The highest BCUT2D eigenvalue weighted by molar-refractivity contribution is 7.92. The molecule has 0 unspecified atom stereocenters. The third kappa shape index (κ3) is 2.73. The average molecular weight is 287 g/mol. The van der Waals surface area contributed by atoms with Crippen LogP contribution in [0.1, 0.15) is 11.1 Å². The van der Waals surface area contributed by atoms with Gasteiger partial charge in [0.2, 0.25) is 0 Å². The molecule has 0 spiro atoms. The maximum absolute atomic E-state index is 12.3. The first-order chi connectivity index (χ1) is 9.44. The Kier molecular flexibility index (Phi) is 3.63. The van der Waals surface area contributed by atoms with Crippen LogP contribution in [0.25, 0.3) is 0 Å². The highest BCUT2D eigenvalue weighted by Crippen LogP contribution is 2.25. The lowest BCUT2D eigenvalue weighted by molar-refractivity contribution is 0.601. The lowest BCUT2D eigenvalue weighted by Crippen LogP contribution is -2.15. The van der Waals surface area contributed by atoms with Gasteiger partial charge in [-0.05, 0) is 42.8 Å². The standard InChI is InChI=1S/C14H13N3O2S/c1-10-3-2-4-13(16)14(10)17-20(18,19)12-7-5-11(9-15)6-8-12/h2-8,17H,16H2,1H3. The van der Waals surface area contributed by atoms with E-state index in [0.717, 1.165) is 5.56 Å². The number of rotatable bonds is 3. The average Bonchev–Trinajstić information content (AvgIpc) is 2.43. The van der Waals surface area contributed by atoms with E-state index in [1.807, 2.05) is 6.07 Å².